The molecule has 0 saturated carbocycles. The third kappa shape index (κ3) is 4.68. The van der Waals surface area contributed by atoms with Gasteiger partial charge < -0.3 is 15.0 Å². The van der Waals surface area contributed by atoms with Crippen LogP contribution in [0.4, 0.5) is 0 Å². The fraction of sp³-hybridized carbons (Fsp3) is 0.389. The number of hydrogen-bond acceptors (Lipinski definition) is 4. The smallest absolute Gasteiger partial charge is 0.308 e. The van der Waals surface area contributed by atoms with E-state index in [2.05, 4.69) is 11.9 Å². The molecule has 6 nitrogen and oxygen atoms in total. The lowest BCUT2D eigenvalue weighted by Gasteiger charge is -2.32. The molecule has 6 heteroatoms. The Bertz CT molecular complexity index is 661. The summed E-state index contributed by atoms with van der Waals surface area (Å²) in [6.07, 6.45) is 1.41. The van der Waals surface area contributed by atoms with Crippen LogP contribution in [-0.4, -0.2) is 41.8 Å². The summed E-state index contributed by atoms with van der Waals surface area (Å²) in [5, 5.41) is 2.96. The Labute approximate surface area is 141 Å². The Kier molecular flexibility index (Phi) is 5.73. The van der Waals surface area contributed by atoms with E-state index in [-0.39, 0.29) is 17.9 Å². The van der Waals surface area contributed by atoms with Crippen molar-refractivity contribution < 1.29 is 19.1 Å². The Hall–Kier alpha value is -2.63. The number of piperidine rings is 1. The van der Waals surface area contributed by atoms with Crippen molar-refractivity contribution in [2.45, 2.75) is 32.7 Å². The lowest BCUT2D eigenvalue weighted by atomic mass is 10.0. The zero-order valence-corrected chi connectivity index (χ0v) is 14.0. The zero-order chi connectivity index (χ0) is 17.7. The Balaban J connectivity index is 1.91. The van der Waals surface area contributed by atoms with E-state index in [0.717, 1.165) is 0 Å². The minimum atomic E-state index is -0.429. The molecule has 0 radical (unpaired) electrons. The molecule has 0 bridgehead atoms. The molecule has 128 valence electrons. The SMILES string of the molecule is C=C(C)C(=O)N1CCC(NC(=O)c2cccc(OC(C)=O)c2)CC1. The van der Waals surface area contributed by atoms with Crippen LogP contribution in [0.2, 0.25) is 0 Å². The van der Waals surface area contributed by atoms with Crippen molar-refractivity contribution in [3.8, 4) is 5.75 Å². The summed E-state index contributed by atoms with van der Waals surface area (Å²) in [6.45, 7) is 7.88. The number of esters is 1. The summed E-state index contributed by atoms with van der Waals surface area (Å²) in [7, 11) is 0. The molecule has 1 aromatic carbocycles. The van der Waals surface area contributed by atoms with Crippen LogP contribution >= 0.6 is 0 Å². The van der Waals surface area contributed by atoms with Crippen LogP contribution in [0.15, 0.2) is 36.4 Å². The predicted molar refractivity (Wildman–Crippen MR) is 89.6 cm³/mol. The molecule has 1 aromatic rings. The van der Waals surface area contributed by atoms with Crippen LogP contribution in [0.1, 0.15) is 37.0 Å². The van der Waals surface area contributed by atoms with Crippen LogP contribution in [-0.2, 0) is 9.59 Å². The maximum Gasteiger partial charge on any atom is 0.308 e. The second-order valence-corrected chi connectivity index (χ2v) is 5.94. The molecular weight excluding hydrogens is 308 g/mol. The van der Waals surface area contributed by atoms with Gasteiger partial charge in [0.1, 0.15) is 5.75 Å². The first-order valence-electron chi connectivity index (χ1n) is 7.91. The second-order valence-electron chi connectivity index (χ2n) is 5.94. The minimum absolute atomic E-state index is 0.0176. The highest BCUT2D eigenvalue weighted by atomic mass is 16.5. The van der Waals surface area contributed by atoms with E-state index in [1.807, 2.05) is 0 Å². The fourth-order valence-electron chi connectivity index (χ4n) is 2.63. The molecular formula is C18H22N2O4. The monoisotopic (exact) mass is 330 g/mol. The molecule has 0 unspecified atom stereocenters. The van der Waals surface area contributed by atoms with Crippen molar-refractivity contribution in [2.24, 2.45) is 0 Å². The summed E-state index contributed by atoms with van der Waals surface area (Å²) in [4.78, 5) is 36.9. The molecule has 24 heavy (non-hydrogen) atoms. The molecule has 0 atom stereocenters. The predicted octanol–water partition coefficient (Wildman–Crippen LogP) is 1.91. The van der Waals surface area contributed by atoms with Gasteiger partial charge >= 0.3 is 5.97 Å². The third-order valence-electron chi connectivity index (χ3n) is 3.84. The van der Waals surface area contributed by atoms with Crippen molar-refractivity contribution in [3.05, 3.63) is 42.0 Å². The maximum absolute atomic E-state index is 12.3. The summed E-state index contributed by atoms with van der Waals surface area (Å²) in [5.74, 6) is -0.332. The van der Waals surface area contributed by atoms with Gasteiger partial charge in [0.05, 0.1) is 0 Å². The molecule has 0 aliphatic carbocycles. The second kappa shape index (κ2) is 7.77. The average Bonchev–Trinajstić information content (AvgIpc) is 2.54. The maximum atomic E-state index is 12.3. The molecule has 2 rings (SSSR count). The highest BCUT2D eigenvalue weighted by Crippen LogP contribution is 2.16. The molecule has 0 spiro atoms. The number of likely N-dealkylation sites (tertiary alicyclic amines) is 1. The number of benzene rings is 1. The first-order chi connectivity index (χ1) is 11.4. The zero-order valence-electron chi connectivity index (χ0n) is 14.0. The van der Waals surface area contributed by atoms with E-state index in [1.54, 1.807) is 30.0 Å². The van der Waals surface area contributed by atoms with Gasteiger partial charge in [0.25, 0.3) is 5.91 Å². The van der Waals surface area contributed by atoms with E-state index in [4.69, 9.17) is 4.74 Å². The largest absolute Gasteiger partial charge is 0.427 e. The highest BCUT2D eigenvalue weighted by molar-refractivity contribution is 5.95. The van der Waals surface area contributed by atoms with Crippen LogP contribution in [0.25, 0.3) is 0 Å². The number of nitrogens with zero attached hydrogens (tertiary/aromatic N) is 1. The Morgan fingerprint density at radius 1 is 1.21 bits per heavy atom. The van der Waals surface area contributed by atoms with Gasteiger partial charge in [0.15, 0.2) is 0 Å². The van der Waals surface area contributed by atoms with E-state index < -0.39 is 5.97 Å². The fourth-order valence-corrected chi connectivity index (χ4v) is 2.63. The van der Waals surface area contributed by atoms with Crippen molar-refractivity contribution in [3.63, 3.8) is 0 Å². The van der Waals surface area contributed by atoms with Gasteiger partial charge in [-0.1, -0.05) is 12.6 Å². The number of carbonyl (C=O) groups excluding carboxylic acids is 3. The summed E-state index contributed by atoms with van der Waals surface area (Å²) in [5.41, 5.74) is 0.967. The average molecular weight is 330 g/mol. The summed E-state index contributed by atoms with van der Waals surface area (Å²) in [6, 6.07) is 6.52. The number of amides is 2. The van der Waals surface area contributed by atoms with E-state index in [9.17, 15) is 14.4 Å². The van der Waals surface area contributed by atoms with Gasteiger partial charge in [0.2, 0.25) is 5.91 Å². The molecule has 1 fully saturated rings. The van der Waals surface area contributed by atoms with E-state index in [0.29, 0.717) is 42.8 Å². The Morgan fingerprint density at radius 3 is 2.46 bits per heavy atom. The van der Waals surface area contributed by atoms with Crippen molar-refractivity contribution in [1.29, 1.82) is 0 Å². The number of rotatable bonds is 4. The summed E-state index contributed by atoms with van der Waals surface area (Å²) < 4.78 is 4.99. The first kappa shape index (κ1) is 17.7. The number of hydrogen-bond donors (Lipinski definition) is 1. The van der Waals surface area contributed by atoms with Gasteiger partial charge in [-0.15, -0.1) is 0 Å². The molecule has 2 amide bonds. The normalized spacial score (nSPS) is 14.8. The van der Waals surface area contributed by atoms with Crippen LogP contribution in [0.5, 0.6) is 5.75 Å². The lowest BCUT2D eigenvalue weighted by Crippen LogP contribution is -2.46. The highest BCUT2D eigenvalue weighted by Gasteiger charge is 2.24. The van der Waals surface area contributed by atoms with Crippen LogP contribution in [0.3, 0.4) is 0 Å². The molecule has 1 N–H and O–H groups in total. The summed E-state index contributed by atoms with van der Waals surface area (Å²) >= 11 is 0. The molecule has 0 aromatic heterocycles. The number of nitrogens with one attached hydrogen (secondary N) is 1. The molecule has 1 aliphatic rings. The number of ether oxygens (including phenoxy) is 1. The Morgan fingerprint density at radius 2 is 1.88 bits per heavy atom. The van der Waals surface area contributed by atoms with Crippen molar-refractivity contribution in [1.82, 2.24) is 10.2 Å². The van der Waals surface area contributed by atoms with Crippen molar-refractivity contribution >= 4 is 17.8 Å². The van der Waals surface area contributed by atoms with Gasteiger partial charge in [-0.25, -0.2) is 0 Å². The van der Waals surface area contributed by atoms with Gasteiger partial charge in [-0.3, -0.25) is 14.4 Å². The molecule has 1 saturated heterocycles. The number of carbonyl (C=O) groups is 3. The first-order valence-corrected chi connectivity index (χ1v) is 7.91. The quantitative estimate of drug-likeness (QED) is 0.520. The topological polar surface area (TPSA) is 75.7 Å². The van der Waals surface area contributed by atoms with Crippen molar-refractivity contribution in [2.75, 3.05) is 13.1 Å². The van der Waals surface area contributed by atoms with Gasteiger partial charge in [-0.05, 0) is 38.0 Å². The van der Waals surface area contributed by atoms with Crippen LogP contribution < -0.4 is 10.1 Å². The van der Waals surface area contributed by atoms with Gasteiger partial charge in [0, 0.05) is 37.2 Å². The minimum Gasteiger partial charge on any atom is -0.427 e. The van der Waals surface area contributed by atoms with Gasteiger partial charge in [-0.2, -0.15) is 0 Å². The van der Waals surface area contributed by atoms with E-state index >= 15 is 0 Å². The lowest BCUT2D eigenvalue weighted by molar-refractivity contribution is -0.132. The van der Waals surface area contributed by atoms with E-state index in [1.165, 1.54) is 13.0 Å². The molecule has 1 aliphatic heterocycles. The third-order valence-corrected chi connectivity index (χ3v) is 3.84. The standard InChI is InChI=1S/C18H22N2O4/c1-12(2)18(23)20-9-7-15(8-10-20)19-17(22)14-5-4-6-16(11-14)24-13(3)21/h4-6,11,15H,1,7-10H2,2-3H3,(H,19,22). The van der Waals surface area contributed by atoms with Crippen LogP contribution in [0, 0.1) is 0 Å². The molecule has 1 heterocycles.